The summed E-state index contributed by atoms with van der Waals surface area (Å²) in [5.41, 5.74) is 5.63. The summed E-state index contributed by atoms with van der Waals surface area (Å²) in [5, 5.41) is 2.35. The molecule has 2 aromatic rings. The molecule has 0 aliphatic carbocycles. The van der Waals surface area contributed by atoms with Crippen molar-refractivity contribution < 1.29 is 31.5 Å². The molecular weight excluding hydrogens is 504 g/mol. The molecule has 1 aliphatic heterocycles. The van der Waals surface area contributed by atoms with E-state index >= 15 is 0 Å². The average Bonchev–Trinajstić information content (AvgIpc) is 2.81. The minimum absolute atomic E-state index is 0.0175. The van der Waals surface area contributed by atoms with Gasteiger partial charge in [-0.3, -0.25) is 9.59 Å². The van der Waals surface area contributed by atoms with Crippen molar-refractivity contribution in [1.82, 2.24) is 4.31 Å². The van der Waals surface area contributed by atoms with Crippen LogP contribution in [-0.4, -0.2) is 49.8 Å². The van der Waals surface area contributed by atoms with E-state index in [-0.39, 0.29) is 40.2 Å². The maximum absolute atomic E-state index is 13.4. The molecule has 0 radical (unpaired) electrons. The van der Waals surface area contributed by atoms with Crippen molar-refractivity contribution in [3.63, 3.8) is 0 Å². The molecule has 1 amide bonds. The maximum atomic E-state index is 13.4. The highest BCUT2D eigenvalue weighted by Crippen LogP contribution is 2.27. The molecule has 1 fully saturated rings. The van der Waals surface area contributed by atoms with Gasteiger partial charge in [0.25, 0.3) is 5.91 Å². The van der Waals surface area contributed by atoms with Gasteiger partial charge in [-0.05, 0) is 49.1 Å². The van der Waals surface area contributed by atoms with Crippen LogP contribution in [0.1, 0.15) is 37.0 Å². The zero-order valence-electron chi connectivity index (χ0n) is 19.1. The van der Waals surface area contributed by atoms with E-state index in [4.69, 9.17) is 22.1 Å². The van der Waals surface area contributed by atoms with Gasteiger partial charge in [0, 0.05) is 24.8 Å². The van der Waals surface area contributed by atoms with Crippen LogP contribution in [0.5, 0.6) is 0 Å². The number of sulfonamides is 1. The lowest BCUT2D eigenvalue weighted by Gasteiger charge is -2.31. The Labute approximate surface area is 207 Å². The number of nitrogens with two attached hydrogens (primary N) is 1. The van der Waals surface area contributed by atoms with Crippen LogP contribution in [0, 0.1) is 17.6 Å². The first-order chi connectivity index (χ1) is 16.4. The van der Waals surface area contributed by atoms with Gasteiger partial charge < -0.3 is 15.8 Å². The van der Waals surface area contributed by atoms with Gasteiger partial charge in [-0.2, -0.15) is 4.31 Å². The lowest BCUT2D eigenvalue weighted by atomic mass is 10.1. The molecule has 3 N–H and O–H groups in total. The number of nitrogens with zero attached hydrogens (tertiary/aromatic N) is 1. The fraction of sp³-hybridized carbons (Fsp3) is 0.391. The number of ether oxygens (including phenoxy) is 1. The number of anilines is 1. The van der Waals surface area contributed by atoms with Crippen LogP contribution in [0.25, 0.3) is 0 Å². The summed E-state index contributed by atoms with van der Waals surface area (Å²) < 4.78 is 59.6. The normalized spacial score (nSPS) is 16.2. The number of halogens is 3. The minimum Gasteiger partial charge on any atom is -0.461 e. The van der Waals surface area contributed by atoms with Gasteiger partial charge in [0.2, 0.25) is 10.0 Å². The van der Waals surface area contributed by atoms with E-state index in [1.807, 2.05) is 0 Å². The fourth-order valence-electron chi connectivity index (χ4n) is 3.47. The zero-order chi connectivity index (χ0) is 25.9. The predicted molar refractivity (Wildman–Crippen MR) is 126 cm³/mol. The lowest BCUT2D eigenvalue weighted by Crippen LogP contribution is -2.44. The molecule has 1 atom stereocenters. The van der Waals surface area contributed by atoms with Gasteiger partial charge in [0.05, 0.1) is 15.5 Å². The summed E-state index contributed by atoms with van der Waals surface area (Å²) in [5.74, 6) is -3.61. The molecule has 190 valence electrons. The molecule has 35 heavy (non-hydrogen) atoms. The average molecular weight is 530 g/mol. The van der Waals surface area contributed by atoms with E-state index in [0.29, 0.717) is 12.8 Å². The van der Waals surface area contributed by atoms with Crippen molar-refractivity contribution in [2.75, 3.05) is 18.4 Å². The van der Waals surface area contributed by atoms with E-state index in [1.54, 1.807) is 13.8 Å². The standard InChI is InChI=1S/C23H26ClF2N3O5S/c1-13(2)21(27)23(31)34-15-7-9-29(10-8-15)35(32,33)16-4-5-18(24)17(12-16)22(30)28-14-3-6-19(25)20(26)11-14/h3-6,11-13,15,21H,7-10,27H2,1-2H3,(H,28,30)/t21-/m0/s1. The molecule has 0 bridgehead atoms. The van der Waals surface area contributed by atoms with E-state index < -0.39 is 45.7 Å². The summed E-state index contributed by atoms with van der Waals surface area (Å²) in [6.45, 7) is 3.83. The minimum atomic E-state index is -3.98. The van der Waals surface area contributed by atoms with Gasteiger partial charge in [-0.25, -0.2) is 17.2 Å². The van der Waals surface area contributed by atoms with Gasteiger partial charge in [-0.15, -0.1) is 0 Å². The molecule has 8 nitrogen and oxygen atoms in total. The van der Waals surface area contributed by atoms with Crippen LogP contribution in [0.4, 0.5) is 14.5 Å². The molecule has 1 aliphatic rings. The van der Waals surface area contributed by atoms with Crippen LogP contribution >= 0.6 is 11.6 Å². The smallest absolute Gasteiger partial charge is 0.323 e. The third-order valence-corrected chi connectivity index (χ3v) is 7.90. The Morgan fingerprint density at radius 2 is 1.77 bits per heavy atom. The lowest BCUT2D eigenvalue weighted by molar-refractivity contribution is -0.153. The summed E-state index contributed by atoms with van der Waals surface area (Å²) >= 11 is 6.10. The first-order valence-corrected chi connectivity index (χ1v) is 12.7. The largest absolute Gasteiger partial charge is 0.461 e. The second kappa shape index (κ2) is 11.0. The number of nitrogens with one attached hydrogen (secondary N) is 1. The third kappa shape index (κ3) is 6.35. The van der Waals surface area contributed by atoms with Crippen molar-refractivity contribution in [2.24, 2.45) is 11.7 Å². The second-order valence-corrected chi connectivity index (χ2v) is 10.9. The van der Waals surface area contributed by atoms with Crippen molar-refractivity contribution in [2.45, 2.75) is 43.7 Å². The summed E-state index contributed by atoms with van der Waals surface area (Å²) in [7, 11) is -3.98. The van der Waals surface area contributed by atoms with E-state index in [2.05, 4.69) is 5.32 Å². The van der Waals surface area contributed by atoms with Crippen LogP contribution in [-0.2, 0) is 19.6 Å². The third-order valence-electron chi connectivity index (χ3n) is 5.67. The van der Waals surface area contributed by atoms with Gasteiger partial charge in [-0.1, -0.05) is 25.4 Å². The Morgan fingerprint density at radius 1 is 1.11 bits per heavy atom. The van der Waals surface area contributed by atoms with Crippen LogP contribution in [0.15, 0.2) is 41.3 Å². The molecule has 2 aromatic carbocycles. The Morgan fingerprint density at radius 3 is 2.37 bits per heavy atom. The van der Waals surface area contributed by atoms with E-state index in [0.717, 1.165) is 24.3 Å². The topological polar surface area (TPSA) is 119 Å². The highest BCUT2D eigenvalue weighted by atomic mass is 35.5. The molecule has 3 rings (SSSR count). The van der Waals surface area contributed by atoms with Crippen LogP contribution in [0.3, 0.4) is 0 Å². The Kier molecular flexibility index (Phi) is 8.47. The molecule has 1 heterocycles. The number of carbonyl (C=O) groups excluding carboxylic acids is 2. The monoisotopic (exact) mass is 529 g/mol. The second-order valence-electron chi connectivity index (χ2n) is 8.53. The maximum Gasteiger partial charge on any atom is 0.323 e. The van der Waals surface area contributed by atoms with E-state index in [9.17, 15) is 26.8 Å². The van der Waals surface area contributed by atoms with Gasteiger partial charge in [0.1, 0.15) is 12.1 Å². The quantitative estimate of drug-likeness (QED) is 0.529. The highest BCUT2D eigenvalue weighted by Gasteiger charge is 2.32. The molecular formula is C23H26ClF2N3O5S. The molecule has 0 unspecified atom stereocenters. The first-order valence-electron chi connectivity index (χ1n) is 10.9. The fourth-order valence-corrected chi connectivity index (χ4v) is 5.17. The van der Waals surface area contributed by atoms with Crippen molar-refractivity contribution in [3.05, 3.63) is 58.6 Å². The first kappa shape index (κ1) is 27.0. The number of esters is 1. The number of piperidine rings is 1. The molecule has 0 aromatic heterocycles. The number of rotatable bonds is 7. The van der Waals surface area contributed by atoms with Crippen molar-refractivity contribution in [1.29, 1.82) is 0 Å². The van der Waals surface area contributed by atoms with Gasteiger partial charge >= 0.3 is 5.97 Å². The predicted octanol–water partition coefficient (Wildman–Crippen LogP) is 3.55. The Bertz CT molecular complexity index is 1220. The van der Waals surface area contributed by atoms with Crippen molar-refractivity contribution >= 4 is 39.2 Å². The summed E-state index contributed by atoms with van der Waals surface area (Å²) in [6, 6.07) is 5.74. The summed E-state index contributed by atoms with van der Waals surface area (Å²) in [6.07, 6.45) is 0.154. The zero-order valence-corrected chi connectivity index (χ0v) is 20.7. The highest BCUT2D eigenvalue weighted by molar-refractivity contribution is 7.89. The molecule has 12 heteroatoms. The van der Waals surface area contributed by atoms with Gasteiger partial charge in [0.15, 0.2) is 11.6 Å². The SMILES string of the molecule is CC(C)[C@H](N)C(=O)OC1CCN(S(=O)(=O)c2ccc(Cl)c(C(=O)Nc3ccc(F)c(F)c3)c2)CC1. The number of hydrogen-bond donors (Lipinski definition) is 2. The number of amides is 1. The van der Waals surface area contributed by atoms with Crippen LogP contribution in [0.2, 0.25) is 5.02 Å². The molecule has 0 spiro atoms. The van der Waals surface area contributed by atoms with E-state index in [1.165, 1.54) is 16.4 Å². The Hall–Kier alpha value is -2.60. The Balaban J connectivity index is 1.70. The number of carbonyl (C=O) groups is 2. The van der Waals surface area contributed by atoms with Crippen molar-refractivity contribution in [3.8, 4) is 0 Å². The van der Waals surface area contributed by atoms with Crippen LogP contribution < -0.4 is 11.1 Å². The number of benzene rings is 2. The molecule has 1 saturated heterocycles. The number of hydrogen-bond acceptors (Lipinski definition) is 6. The molecule has 0 saturated carbocycles. The summed E-state index contributed by atoms with van der Waals surface area (Å²) in [4.78, 5) is 24.6.